The third-order valence-corrected chi connectivity index (χ3v) is 3.13. The molecule has 1 fully saturated rings. The summed E-state index contributed by atoms with van der Waals surface area (Å²) in [6.07, 6.45) is 3.58. The van der Waals surface area contributed by atoms with Crippen molar-refractivity contribution in [1.82, 2.24) is 25.3 Å². The van der Waals surface area contributed by atoms with Crippen molar-refractivity contribution in [3.63, 3.8) is 0 Å². The van der Waals surface area contributed by atoms with Crippen LogP contribution in [0.4, 0.5) is 0 Å². The van der Waals surface area contributed by atoms with Gasteiger partial charge in [-0.3, -0.25) is 0 Å². The van der Waals surface area contributed by atoms with Gasteiger partial charge in [-0.1, -0.05) is 5.21 Å². The van der Waals surface area contributed by atoms with E-state index in [0.717, 1.165) is 23.8 Å². The lowest BCUT2D eigenvalue weighted by Crippen LogP contribution is -2.44. The van der Waals surface area contributed by atoms with E-state index in [2.05, 4.69) is 20.6 Å². The molecule has 2 aromatic rings. The summed E-state index contributed by atoms with van der Waals surface area (Å²) in [4.78, 5) is 4.26. The Morgan fingerprint density at radius 3 is 3.07 bits per heavy atom. The van der Waals surface area contributed by atoms with Crippen LogP contribution >= 0.6 is 11.3 Å². The van der Waals surface area contributed by atoms with E-state index in [1.54, 1.807) is 23.7 Å². The molecule has 1 aliphatic heterocycles. The molecule has 0 aromatic carbocycles. The summed E-state index contributed by atoms with van der Waals surface area (Å²) in [5, 5.41) is 14.2. The number of nitrogens with one attached hydrogen (secondary N) is 1. The molecule has 0 atom stereocenters. The number of hydrogen-bond donors (Lipinski definition) is 1. The second-order valence-electron chi connectivity index (χ2n) is 3.21. The van der Waals surface area contributed by atoms with Crippen molar-refractivity contribution in [3.8, 4) is 10.7 Å². The van der Waals surface area contributed by atoms with Crippen molar-refractivity contribution in [1.29, 1.82) is 0 Å². The molecule has 3 heterocycles. The topological polar surface area (TPSA) is 55.6 Å². The highest BCUT2D eigenvalue weighted by Gasteiger charge is 2.23. The van der Waals surface area contributed by atoms with Crippen LogP contribution in [0.25, 0.3) is 10.7 Å². The Kier molecular flexibility index (Phi) is 1.81. The number of hydrogen-bond acceptors (Lipinski definition) is 5. The molecule has 6 heteroatoms. The van der Waals surface area contributed by atoms with Crippen molar-refractivity contribution in [2.75, 3.05) is 13.1 Å². The van der Waals surface area contributed by atoms with E-state index >= 15 is 0 Å². The standard InChI is InChI=1S/C8H9N5S/c1-2-14-8(10-1)7-5-11-12-13(7)6-3-9-4-6/h1-2,5-6,9H,3-4H2. The van der Waals surface area contributed by atoms with Gasteiger partial charge in [0.05, 0.1) is 12.2 Å². The van der Waals surface area contributed by atoms with Gasteiger partial charge in [-0.15, -0.1) is 16.4 Å². The zero-order chi connectivity index (χ0) is 9.38. The van der Waals surface area contributed by atoms with E-state index < -0.39 is 0 Å². The normalized spacial score (nSPS) is 16.9. The lowest BCUT2D eigenvalue weighted by molar-refractivity contribution is 0.315. The van der Waals surface area contributed by atoms with Gasteiger partial charge in [-0.2, -0.15) is 0 Å². The molecule has 0 unspecified atom stereocenters. The minimum Gasteiger partial charge on any atom is -0.312 e. The average Bonchev–Trinajstić information content (AvgIpc) is 2.66. The van der Waals surface area contributed by atoms with Gasteiger partial charge < -0.3 is 5.32 Å². The molecule has 0 spiro atoms. The van der Waals surface area contributed by atoms with Gasteiger partial charge in [-0.25, -0.2) is 9.67 Å². The Bertz CT molecular complexity index is 417. The maximum absolute atomic E-state index is 4.26. The summed E-state index contributed by atoms with van der Waals surface area (Å²) >= 11 is 1.61. The van der Waals surface area contributed by atoms with Crippen LogP contribution in [0.3, 0.4) is 0 Å². The molecule has 0 saturated carbocycles. The smallest absolute Gasteiger partial charge is 0.143 e. The summed E-state index contributed by atoms with van der Waals surface area (Å²) in [5.41, 5.74) is 1.02. The number of aromatic nitrogens is 4. The van der Waals surface area contributed by atoms with Gasteiger partial charge in [0.25, 0.3) is 0 Å². The number of thiazole rings is 1. The van der Waals surface area contributed by atoms with Crippen molar-refractivity contribution in [2.45, 2.75) is 6.04 Å². The fraction of sp³-hybridized carbons (Fsp3) is 0.375. The van der Waals surface area contributed by atoms with Crippen LogP contribution in [0.15, 0.2) is 17.8 Å². The molecule has 2 aromatic heterocycles. The fourth-order valence-electron chi connectivity index (χ4n) is 1.46. The van der Waals surface area contributed by atoms with Crippen LogP contribution in [0.1, 0.15) is 6.04 Å². The Balaban J connectivity index is 2.01. The van der Waals surface area contributed by atoms with E-state index in [1.807, 2.05) is 10.1 Å². The molecule has 1 N–H and O–H groups in total. The molecule has 1 saturated heterocycles. The van der Waals surface area contributed by atoms with Crippen LogP contribution < -0.4 is 5.32 Å². The second kappa shape index (κ2) is 3.14. The Morgan fingerprint density at radius 2 is 2.43 bits per heavy atom. The predicted octanol–water partition coefficient (Wildman–Crippen LogP) is 0.546. The van der Waals surface area contributed by atoms with Crippen LogP contribution in [0, 0.1) is 0 Å². The van der Waals surface area contributed by atoms with Gasteiger partial charge in [0.15, 0.2) is 0 Å². The first kappa shape index (κ1) is 8.07. The highest BCUT2D eigenvalue weighted by molar-refractivity contribution is 7.13. The van der Waals surface area contributed by atoms with E-state index in [9.17, 15) is 0 Å². The molecule has 5 nitrogen and oxygen atoms in total. The zero-order valence-corrected chi connectivity index (χ0v) is 8.24. The zero-order valence-electron chi connectivity index (χ0n) is 7.42. The lowest BCUT2D eigenvalue weighted by Gasteiger charge is -2.27. The first-order chi connectivity index (χ1) is 6.95. The minimum atomic E-state index is 0.441. The van der Waals surface area contributed by atoms with Crippen LogP contribution in [-0.2, 0) is 0 Å². The van der Waals surface area contributed by atoms with Gasteiger partial charge in [0.1, 0.15) is 10.7 Å². The predicted molar refractivity (Wildman–Crippen MR) is 53.0 cm³/mol. The van der Waals surface area contributed by atoms with E-state index in [-0.39, 0.29) is 0 Å². The summed E-state index contributed by atoms with van der Waals surface area (Å²) in [5.74, 6) is 0. The first-order valence-corrected chi connectivity index (χ1v) is 5.34. The lowest BCUT2D eigenvalue weighted by atomic mass is 10.2. The third-order valence-electron chi connectivity index (χ3n) is 2.33. The van der Waals surface area contributed by atoms with Gasteiger partial charge in [0, 0.05) is 24.7 Å². The Hall–Kier alpha value is -1.27. The van der Waals surface area contributed by atoms with Crippen molar-refractivity contribution in [3.05, 3.63) is 17.8 Å². The van der Waals surface area contributed by atoms with Crippen LogP contribution in [0.2, 0.25) is 0 Å². The molecule has 3 rings (SSSR count). The van der Waals surface area contributed by atoms with Crippen molar-refractivity contribution >= 4 is 11.3 Å². The SMILES string of the molecule is c1csc(-c2cnnn2C2CNC2)n1. The summed E-state index contributed by atoms with van der Waals surface area (Å²) in [7, 11) is 0. The number of nitrogens with zero attached hydrogens (tertiary/aromatic N) is 4. The highest BCUT2D eigenvalue weighted by atomic mass is 32.1. The maximum atomic E-state index is 4.26. The van der Waals surface area contributed by atoms with E-state index in [4.69, 9.17) is 0 Å². The van der Waals surface area contributed by atoms with Crippen LogP contribution in [0.5, 0.6) is 0 Å². The van der Waals surface area contributed by atoms with Crippen LogP contribution in [-0.4, -0.2) is 33.1 Å². The van der Waals surface area contributed by atoms with Gasteiger partial charge in [0.2, 0.25) is 0 Å². The summed E-state index contributed by atoms with van der Waals surface area (Å²) < 4.78 is 1.95. The first-order valence-electron chi connectivity index (χ1n) is 4.46. The quantitative estimate of drug-likeness (QED) is 0.781. The van der Waals surface area contributed by atoms with Gasteiger partial charge >= 0.3 is 0 Å². The second-order valence-corrected chi connectivity index (χ2v) is 4.11. The number of rotatable bonds is 2. The van der Waals surface area contributed by atoms with E-state index in [0.29, 0.717) is 6.04 Å². The average molecular weight is 207 g/mol. The van der Waals surface area contributed by atoms with Crippen molar-refractivity contribution < 1.29 is 0 Å². The van der Waals surface area contributed by atoms with Gasteiger partial charge in [-0.05, 0) is 0 Å². The Labute approximate surface area is 84.8 Å². The summed E-state index contributed by atoms with van der Waals surface area (Å²) in [6.45, 7) is 1.95. The van der Waals surface area contributed by atoms with E-state index in [1.165, 1.54) is 0 Å². The molecular weight excluding hydrogens is 198 g/mol. The molecule has 0 aliphatic carbocycles. The molecule has 0 radical (unpaired) electrons. The monoisotopic (exact) mass is 207 g/mol. The molecule has 72 valence electrons. The third kappa shape index (κ3) is 1.15. The molecule has 1 aliphatic rings. The van der Waals surface area contributed by atoms with Crippen molar-refractivity contribution in [2.24, 2.45) is 0 Å². The molecule has 14 heavy (non-hydrogen) atoms. The molecule has 0 amide bonds. The maximum Gasteiger partial charge on any atom is 0.143 e. The largest absolute Gasteiger partial charge is 0.312 e. The summed E-state index contributed by atoms with van der Waals surface area (Å²) in [6, 6.07) is 0.441. The molecular formula is C8H9N5S. The minimum absolute atomic E-state index is 0.441. The molecule has 0 bridgehead atoms. The fourth-order valence-corrected chi connectivity index (χ4v) is 2.10. The Morgan fingerprint density at radius 1 is 1.50 bits per heavy atom. The highest BCUT2D eigenvalue weighted by Crippen LogP contribution is 2.24.